The van der Waals surface area contributed by atoms with Crippen molar-refractivity contribution in [1.82, 2.24) is 4.98 Å². The van der Waals surface area contributed by atoms with Gasteiger partial charge in [0, 0.05) is 29.1 Å². The number of carbonyl (C=O) groups is 2. The molecule has 1 heterocycles. The maximum atomic E-state index is 12.5. The van der Waals surface area contributed by atoms with Crippen molar-refractivity contribution in [3.8, 4) is 11.3 Å². The van der Waals surface area contributed by atoms with Crippen molar-refractivity contribution in [2.45, 2.75) is 27.7 Å². The van der Waals surface area contributed by atoms with Crippen molar-refractivity contribution in [3.05, 3.63) is 64.0 Å². The Morgan fingerprint density at radius 3 is 2.44 bits per heavy atom. The molecule has 5 nitrogen and oxygen atoms in total. The molecular weight excluding hydrogens is 358 g/mol. The number of hydrogen-bond donors (Lipinski definition) is 2. The molecule has 0 aliphatic carbocycles. The number of thiazole rings is 1. The fourth-order valence-corrected chi connectivity index (χ4v) is 3.51. The molecule has 0 bridgehead atoms. The molecular formula is C21H21N3O2S. The van der Waals surface area contributed by atoms with Crippen LogP contribution in [0, 0.1) is 20.8 Å². The molecule has 138 valence electrons. The van der Waals surface area contributed by atoms with Crippen LogP contribution in [-0.2, 0) is 4.79 Å². The largest absolute Gasteiger partial charge is 0.326 e. The van der Waals surface area contributed by atoms with Crippen LogP contribution < -0.4 is 10.6 Å². The van der Waals surface area contributed by atoms with E-state index in [1.54, 1.807) is 24.3 Å². The van der Waals surface area contributed by atoms with Crippen molar-refractivity contribution in [2.75, 3.05) is 10.6 Å². The molecule has 0 aliphatic heterocycles. The van der Waals surface area contributed by atoms with Crippen molar-refractivity contribution in [2.24, 2.45) is 0 Å². The Kier molecular flexibility index (Phi) is 5.37. The van der Waals surface area contributed by atoms with Gasteiger partial charge in [0.05, 0.1) is 5.69 Å². The summed E-state index contributed by atoms with van der Waals surface area (Å²) in [7, 11) is 0. The summed E-state index contributed by atoms with van der Waals surface area (Å²) < 4.78 is 0. The van der Waals surface area contributed by atoms with Crippen LogP contribution in [-0.4, -0.2) is 16.8 Å². The fraction of sp³-hybridized carbons (Fsp3) is 0.190. The number of hydrogen-bond acceptors (Lipinski definition) is 4. The zero-order valence-corrected chi connectivity index (χ0v) is 16.5. The van der Waals surface area contributed by atoms with Crippen molar-refractivity contribution >= 4 is 34.0 Å². The summed E-state index contributed by atoms with van der Waals surface area (Å²) in [4.78, 5) is 28.2. The number of aryl methyl sites for hydroxylation is 3. The second-order valence-corrected chi connectivity index (χ2v) is 7.36. The van der Waals surface area contributed by atoms with Gasteiger partial charge < -0.3 is 5.32 Å². The van der Waals surface area contributed by atoms with Crippen molar-refractivity contribution in [3.63, 3.8) is 0 Å². The van der Waals surface area contributed by atoms with Gasteiger partial charge in [-0.2, -0.15) is 0 Å². The predicted molar refractivity (Wildman–Crippen MR) is 110 cm³/mol. The third-order valence-corrected chi connectivity index (χ3v) is 5.04. The monoisotopic (exact) mass is 379 g/mol. The van der Waals surface area contributed by atoms with Gasteiger partial charge in [0.25, 0.3) is 5.91 Å². The summed E-state index contributed by atoms with van der Waals surface area (Å²) in [6, 6.07) is 11.1. The van der Waals surface area contributed by atoms with E-state index in [2.05, 4.69) is 48.5 Å². The summed E-state index contributed by atoms with van der Waals surface area (Å²) >= 11 is 1.39. The van der Waals surface area contributed by atoms with E-state index in [-0.39, 0.29) is 11.8 Å². The average molecular weight is 379 g/mol. The second kappa shape index (κ2) is 7.72. The van der Waals surface area contributed by atoms with Crippen LogP contribution in [0.5, 0.6) is 0 Å². The topological polar surface area (TPSA) is 71.1 Å². The smallest absolute Gasteiger partial charge is 0.257 e. The summed E-state index contributed by atoms with van der Waals surface area (Å²) in [6.45, 7) is 7.66. The van der Waals surface area contributed by atoms with Gasteiger partial charge in [0.15, 0.2) is 5.13 Å². The van der Waals surface area contributed by atoms with Gasteiger partial charge in [0.1, 0.15) is 0 Å². The first-order valence-electron chi connectivity index (χ1n) is 8.56. The van der Waals surface area contributed by atoms with Gasteiger partial charge in [0.2, 0.25) is 5.91 Å². The second-order valence-electron chi connectivity index (χ2n) is 6.51. The van der Waals surface area contributed by atoms with Gasteiger partial charge >= 0.3 is 0 Å². The molecule has 2 aromatic carbocycles. The van der Waals surface area contributed by atoms with Gasteiger partial charge in [-0.1, -0.05) is 12.1 Å². The average Bonchev–Trinajstić information content (AvgIpc) is 3.06. The quantitative estimate of drug-likeness (QED) is 0.674. The molecule has 0 saturated carbocycles. The van der Waals surface area contributed by atoms with Crippen LogP contribution in [0.25, 0.3) is 11.3 Å². The maximum Gasteiger partial charge on any atom is 0.257 e. The lowest BCUT2D eigenvalue weighted by Crippen LogP contribution is -2.13. The standard InChI is InChI=1S/C21H21N3O2S/c1-12-8-14(3)18(9-13(12)2)19-11-27-21(23-19)24-20(26)16-6-5-7-17(10-16)22-15(4)25/h5-11H,1-4H3,(H,22,25)(H,23,24,26). The lowest BCUT2D eigenvalue weighted by atomic mass is 9.99. The highest BCUT2D eigenvalue weighted by atomic mass is 32.1. The molecule has 3 rings (SSSR count). The number of rotatable bonds is 4. The SMILES string of the molecule is CC(=O)Nc1cccc(C(=O)Nc2nc(-c3cc(C)c(C)cc3C)cs2)c1. The minimum Gasteiger partial charge on any atom is -0.326 e. The molecule has 2 N–H and O–H groups in total. The first kappa shape index (κ1) is 18.8. The Morgan fingerprint density at radius 1 is 0.963 bits per heavy atom. The van der Waals surface area contributed by atoms with E-state index in [4.69, 9.17) is 0 Å². The van der Waals surface area contributed by atoms with E-state index >= 15 is 0 Å². The van der Waals surface area contributed by atoms with E-state index < -0.39 is 0 Å². The van der Waals surface area contributed by atoms with Crippen LogP contribution in [0.2, 0.25) is 0 Å². The summed E-state index contributed by atoms with van der Waals surface area (Å²) in [5.41, 5.74) is 6.58. The summed E-state index contributed by atoms with van der Waals surface area (Å²) in [5, 5.41) is 7.99. The zero-order chi connectivity index (χ0) is 19.6. The molecule has 2 amide bonds. The number of nitrogens with zero attached hydrogens (tertiary/aromatic N) is 1. The Hall–Kier alpha value is -2.99. The van der Waals surface area contributed by atoms with Crippen LogP contribution in [0.15, 0.2) is 41.8 Å². The molecule has 0 atom stereocenters. The number of benzene rings is 2. The van der Waals surface area contributed by atoms with E-state index in [9.17, 15) is 9.59 Å². The molecule has 0 aliphatic rings. The minimum atomic E-state index is -0.264. The van der Waals surface area contributed by atoms with E-state index in [0.29, 0.717) is 16.4 Å². The molecule has 3 aromatic rings. The summed E-state index contributed by atoms with van der Waals surface area (Å²) in [6.07, 6.45) is 0. The predicted octanol–water partition coefficient (Wildman–Crippen LogP) is 4.95. The third-order valence-electron chi connectivity index (χ3n) is 4.29. The van der Waals surface area contributed by atoms with Crippen molar-refractivity contribution in [1.29, 1.82) is 0 Å². The van der Waals surface area contributed by atoms with Gasteiger partial charge in [-0.25, -0.2) is 4.98 Å². The number of amides is 2. The zero-order valence-electron chi connectivity index (χ0n) is 15.7. The van der Waals surface area contributed by atoms with Gasteiger partial charge in [-0.3, -0.25) is 14.9 Å². The number of nitrogens with one attached hydrogen (secondary N) is 2. The Labute approximate surface area is 162 Å². The highest BCUT2D eigenvalue weighted by Gasteiger charge is 2.12. The Morgan fingerprint density at radius 2 is 1.70 bits per heavy atom. The highest BCUT2D eigenvalue weighted by molar-refractivity contribution is 7.14. The minimum absolute atomic E-state index is 0.180. The molecule has 0 saturated heterocycles. The van der Waals surface area contributed by atoms with Crippen molar-refractivity contribution < 1.29 is 9.59 Å². The third kappa shape index (κ3) is 4.41. The Bertz CT molecular complexity index is 1020. The first-order chi connectivity index (χ1) is 12.8. The van der Waals surface area contributed by atoms with Gasteiger partial charge in [-0.15, -0.1) is 11.3 Å². The van der Waals surface area contributed by atoms with Crippen LogP contribution >= 0.6 is 11.3 Å². The molecule has 27 heavy (non-hydrogen) atoms. The Balaban J connectivity index is 1.79. The molecule has 1 aromatic heterocycles. The highest BCUT2D eigenvalue weighted by Crippen LogP contribution is 2.29. The molecule has 6 heteroatoms. The van der Waals surface area contributed by atoms with Crippen LogP contribution in [0.4, 0.5) is 10.8 Å². The number of carbonyl (C=O) groups excluding carboxylic acids is 2. The molecule has 0 unspecified atom stereocenters. The fourth-order valence-electron chi connectivity index (χ4n) is 2.80. The lowest BCUT2D eigenvalue weighted by Gasteiger charge is -2.08. The van der Waals surface area contributed by atoms with Crippen LogP contribution in [0.3, 0.4) is 0 Å². The maximum absolute atomic E-state index is 12.5. The van der Waals surface area contributed by atoms with E-state index in [1.165, 1.54) is 29.4 Å². The first-order valence-corrected chi connectivity index (χ1v) is 9.44. The van der Waals surface area contributed by atoms with E-state index in [0.717, 1.165) is 16.8 Å². The molecule has 0 radical (unpaired) electrons. The van der Waals surface area contributed by atoms with E-state index in [1.807, 2.05) is 5.38 Å². The van der Waals surface area contributed by atoms with Gasteiger partial charge in [-0.05, 0) is 61.7 Å². The lowest BCUT2D eigenvalue weighted by molar-refractivity contribution is -0.114. The molecule has 0 fully saturated rings. The number of anilines is 2. The normalized spacial score (nSPS) is 10.5. The number of aromatic nitrogens is 1. The van der Waals surface area contributed by atoms with Crippen LogP contribution in [0.1, 0.15) is 34.0 Å². The molecule has 0 spiro atoms. The summed E-state index contributed by atoms with van der Waals surface area (Å²) in [5.74, 6) is -0.444.